The molecule has 6 heteroatoms. The van der Waals surface area contributed by atoms with Crippen molar-refractivity contribution in [1.29, 1.82) is 0 Å². The van der Waals surface area contributed by atoms with Gasteiger partial charge in [-0.15, -0.1) is 0 Å². The first-order valence-corrected chi connectivity index (χ1v) is 8.99. The highest BCUT2D eigenvalue weighted by atomic mass is 19.1. The molecule has 1 aromatic carbocycles. The first-order valence-electron chi connectivity index (χ1n) is 8.99. The largest absolute Gasteiger partial charge is 0.338 e. The predicted octanol–water partition coefficient (Wildman–Crippen LogP) is 3.13. The second kappa shape index (κ2) is 7.40. The number of ketones is 1. The lowest BCUT2D eigenvalue weighted by atomic mass is 9.89. The van der Waals surface area contributed by atoms with Crippen LogP contribution in [0.5, 0.6) is 0 Å². The van der Waals surface area contributed by atoms with Crippen molar-refractivity contribution in [2.24, 2.45) is 11.8 Å². The molecule has 26 heavy (non-hydrogen) atoms. The average Bonchev–Trinajstić information content (AvgIpc) is 2.59. The van der Waals surface area contributed by atoms with Crippen molar-refractivity contribution in [1.82, 2.24) is 9.88 Å². The van der Waals surface area contributed by atoms with Crippen LogP contribution in [0.4, 0.5) is 4.39 Å². The van der Waals surface area contributed by atoms with E-state index < -0.39 is 11.4 Å². The standard InChI is InChI=1S/C20H23FN2O3/c1-12(2)8-18(24)13-4-3-7-23(11-13)20(26)16-10-19(25)22-17-9-14(21)5-6-15(16)17/h5-6,9-10,12-13H,3-4,7-8,11H2,1-2H3,(H,22,25). The van der Waals surface area contributed by atoms with Crippen molar-refractivity contribution in [2.75, 3.05) is 13.1 Å². The molecule has 1 aliphatic rings. The molecule has 2 aromatic rings. The van der Waals surface area contributed by atoms with Crippen molar-refractivity contribution in [3.63, 3.8) is 0 Å². The molecular formula is C20H23FN2O3. The number of carbonyl (C=O) groups excluding carboxylic acids is 2. The van der Waals surface area contributed by atoms with E-state index in [4.69, 9.17) is 0 Å². The molecular weight excluding hydrogens is 335 g/mol. The van der Waals surface area contributed by atoms with Crippen LogP contribution in [0, 0.1) is 17.7 Å². The average molecular weight is 358 g/mol. The zero-order valence-corrected chi connectivity index (χ0v) is 15.0. The minimum absolute atomic E-state index is 0.152. The monoisotopic (exact) mass is 358 g/mol. The number of benzene rings is 1. The number of nitrogens with zero attached hydrogens (tertiary/aromatic N) is 1. The summed E-state index contributed by atoms with van der Waals surface area (Å²) >= 11 is 0. The molecule has 1 atom stereocenters. The maximum atomic E-state index is 13.4. The van der Waals surface area contributed by atoms with E-state index in [2.05, 4.69) is 4.98 Å². The molecule has 1 aliphatic heterocycles. The third kappa shape index (κ3) is 3.84. The molecule has 2 heterocycles. The lowest BCUT2D eigenvalue weighted by Crippen LogP contribution is -2.42. The summed E-state index contributed by atoms with van der Waals surface area (Å²) in [6.45, 7) is 4.94. The van der Waals surface area contributed by atoms with Crippen LogP contribution < -0.4 is 5.56 Å². The number of hydrogen-bond donors (Lipinski definition) is 1. The summed E-state index contributed by atoms with van der Waals surface area (Å²) in [6, 6.07) is 5.22. The van der Waals surface area contributed by atoms with Crippen LogP contribution in [0.25, 0.3) is 10.9 Å². The maximum Gasteiger partial charge on any atom is 0.254 e. The van der Waals surface area contributed by atoms with Gasteiger partial charge in [-0.25, -0.2) is 4.39 Å². The van der Waals surface area contributed by atoms with Gasteiger partial charge < -0.3 is 9.88 Å². The van der Waals surface area contributed by atoms with E-state index in [0.29, 0.717) is 36.3 Å². The topological polar surface area (TPSA) is 70.2 Å². The summed E-state index contributed by atoms with van der Waals surface area (Å²) < 4.78 is 13.4. The molecule has 1 aromatic heterocycles. The van der Waals surface area contributed by atoms with E-state index in [1.54, 1.807) is 4.90 Å². The Labute approximate surface area is 151 Å². The Kier molecular flexibility index (Phi) is 5.20. The van der Waals surface area contributed by atoms with Crippen LogP contribution in [0.15, 0.2) is 29.1 Å². The molecule has 0 saturated carbocycles. The molecule has 1 unspecified atom stereocenters. The Hall–Kier alpha value is -2.50. The minimum atomic E-state index is -0.477. The Balaban J connectivity index is 1.88. The smallest absolute Gasteiger partial charge is 0.254 e. The third-order valence-corrected chi connectivity index (χ3v) is 4.81. The second-order valence-corrected chi connectivity index (χ2v) is 7.39. The van der Waals surface area contributed by atoms with Gasteiger partial charge in [0.2, 0.25) is 5.56 Å². The van der Waals surface area contributed by atoms with E-state index in [1.807, 2.05) is 13.8 Å². The van der Waals surface area contributed by atoms with Crippen LogP contribution in [-0.4, -0.2) is 34.7 Å². The molecule has 1 saturated heterocycles. The highest BCUT2D eigenvalue weighted by Crippen LogP contribution is 2.24. The number of aromatic nitrogens is 1. The lowest BCUT2D eigenvalue weighted by molar-refractivity contribution is -0.124. The maximum absolute atomic E-state index is 13.4. The first-order chi connectivity index (χ1) is 12.3. The molecule has 3 rings (SSSR count). The van der Waals surface area contributed by atoms with E-state index >= 15 is 0 Å². The van der Waals surface area contributed by atoms with Gasteiger partial charge in [0.05, 0.1) is 11.1 Å². The number of piperidine rings is 1. The van der Waals surface area contributed by atoms with Crippen LogP contribution >= 0.6 is 0 Å². The second-order valence-electron chi connectivity index (χ2n) is 7.39. The van der Waals surface area contributed by atoms with Crippen molar-refractivity contribution < 1.29 is 14.0 Å². The Morgan fingerprint density at radius 3 is 2.81 bits per heavy atom. The SMILES string of the molecule is CC(C)CC(=O)C1CCCN(C(=O)c2cc(=O)[nH]c3cc(F)ccc23)C1. The van der Waals surface area contributed by atoms with E-state index in [0.717, 1.165) is 12.8 Å². The highest BCUT2D eigenvalue weighted by Gasteiger charge is 2.29. The summed E-state index contributed by atoms with van der Waals surface area (Å²) in [6.07, 6.45) is 2.06. The number of pyridine rings is 1. The number of aromatic amines is 1. The highest BCUT2D eigenvalue weighted by molar-refractivity contribution is 6.06. The van der Waals surface area contributed by atoms with Gasteiger partial charge in [0.1, 0.15) is 11.6 Å². The Morgan fingerprint density at radius 2 is 2.08 bits per heavy atom. The number of nitrogens with one attached hydrogen (secondary N) is 1. The fourth-order valence-electron chi connectivity index (χ4n) is 3.57. The van der Waals surface area contributed by atoms with Crippen molar-refractivity contribution in [3.8, 4) is 0 Å². The first kappa shape index (κ1) is 18.3. The third-order valence-electron chi connectivity index (χ3n) is 4.81. The summed E-state index contributed by atoms with van der Waals surface area (Å²) in [4.78, 5) is 41.5. The summed E-state index contributed by atoms with van der Waals surface area (Å²) in [7, 11) is 0. The van der Waals surface area contributed by atoms with Gasteiger partial charge in [-0.1, -0.05) is 13.8 Å². The van der Waals surface area contributed by atoms with Crippen LogP contribution in [0.2, 0.25) is 0 Å². The van der Waals surface area contributed by atoms with E-state index in [9.17, 15) is 18.8 Å². The summed E-state index contributed by atoms with van der Waals surface area (Å²) in [5, 5.41) is 0.506. The number of rotatable bonds is 4. The number of H-pyrrole nitrogens is 1. The van der Waals surface area contributed by atoms with Gasteiger partial charge in [-0.3, -0.25) is 14.4 Å². The molecule has 0 aliphatic carbocycles. The van der Waals surface area contributed by atoms with Crippen LogP contribution in [0.1, 0.15) is 43.5 Å². The van der Waals surface area contributed by atoms with Crippen molar-refractivity contribution in [3.05, 3.63) is 46.0 Å². The van der Waals surface area contributed by atoms with Gasteiger partial charge in [0.25, 0.3) is 5.91 Å². The fraction of sp³-hybridized carbons (Fsp3) is 0.450. The van der Waals surface area contributed by atoms with Crippen LogP contribution in [-0.2, 0) is 4.79 Å². The van der Waals surface area contributed by atoms with Gasteiger partial charge in [-0.05, 0) is 37.0 Å². The van der Waals surface area contributed by atoms with Gasteiger partial charge in [0.15, 0.2) is 0 Å². The Morgan fingerprint density at radius 1 is 1.31 bits per heavy atom. The predicted molar refractivity (Wildman–Crippen MR) is 97.6 cm³/mol. The number of amides is 1. The molecule has 1 fully saturated rings. The van der Waals surface area contributed by atoms with Gasteiger partial charge >= 0.3 is 0 Å². The summed E-state index contributed by atoms with van der Waals surface area (Å²) in [5.74, 6) is -0.430. The number of hydrogen-bond acceptors (Lipinski definition) is 3. The summed E-state index contributed by atoms with van der Waals surface area (Å²) in [5.41, 5.74) is 0.0990. The quantitative estimate of drug-likeness (QED) is 0.913. The molecule has 1 amide bonds. The van der Waals surface area contributed by atoms with Crippen molar-refractivity contribution in [2.45, 2.75) is 33.1 Å². The molecule has 0 bridgehead atoms. The molecule has 1 N–H and O–H groups in total. The number of carbonyl (C=O) groups is 2. The van der Waals surface area contributed by atoms with Crippen molar-refractivity contribution >= 4 is 22.6 Å². The zero-order chi connectivity index (χ0) is 18.8. The minimum Gasteiger partial charge on any atom is -0.338 e. The van der Waals surface area contributed by atoms with Crippen LogP contribution in [0.3, 0.4) is 0 Å². The normalized spacial score (nSPS) is 17.7. The van der Waals surface area contributed by atoms with Gasteiger partial charge in [-0.2, -0.15) is 0 Å². The number of Topliss-reactive ketones (excluding diaryl/α,β-unsaturated/α-hetero) is 1. The molecule has 0 spiro atoms. The molecule has 5 nitrogen and oxygen atoms in total. The zero-order valence-electron chi connectivity index (χ0n) is 15.0. The molecule has 0 radical (unpaired) electrons. The fourth-order valence-corrected chi connectivity index (χ4v) is 3.57. The van der Waals surface area contributed by atoms with E-state index in [1.165, 1.54) is 24.3 Å². The lowest BCUT2D eigenvalue weighted by Gasteiger charge is -2.32. The van der Waals surface area contributed by atoms with E-state index in [-0.39, 0.29) is 23.2 Å². The number of halogens is 1. The molecule has 138 valence electrons. The Bertz CT molecular complexity index is 904. The van der Waals surface area contributed by atoms with Gasteiger partial charge in [0, 0.05) is 36.9 Å². The number of fused-ring (bicyclic) bond motifs is 1. The number of likely N-dealkylation sites (tertiary alicyclic amines) is 1.